The lowest BCUT2D eigenvalue weighted by Crippen LogP contribution is -2.39. The number of morpholine rings is 1. The Labute approximate surface area is 158 Å². The molecule has 5 N–H and O–H groups in total. The highest BCUT2D eigenvalue weighted by molar-refractivity contribution is 5.88. The van der Waals surface area contributed by atoms with Gasteiger partial charge in [0.15, 0.2) is 0 Å². The second-order valence-electron chi connectivity index (χ2n) is 6.26. The number of nitrogen functional groups attached to an aromatic ring is 1. The van der Waals surface area contributed by atoms with Gasteiger partial charge in [-0.2, -0.15) is 9.97 Å². The summed E-state index contributed by atoms with van der Waals surface area (Å²) in [5, 5.41) is 9.21. The summed E-state index contributed by atoms with van der Waals surface area (Å²) in [5.74, 6) is 1.37. The Morgan fingerprint density at radius 3 is 2.52 bits per heavy atom. The second-order valence-corrected chi connectivity index (χ2v) is 6.26. The van der Waals surface area contributed by atoms with Crippen molar-refractivity contribution in [2.45, 2.75) is 6.92 Å². The number of aromatic nitrogens is 2. The lowest BCUT2D eigenvalue weighted by Gasteiger charge is -2.26. The average Bonchev–Trinajstić information content (AvgIpc) is 2.63. The average molecular weight is 371 g/mol. The topological polar surface area (TPSA) is 117 Å². The molecule has 1 fully saturated rings. The number of carbonyl (C=O) groups is 1. The number of benzene rings is 1. The summed E-state index contributed by atoms with van der Waals surface area (Å²) >= 11 is 0. The molecule has 27 heavy (non-hydrogen) atoms. The first-order valence-corrected chi connectivity index (χ1v) is 8.92. The molecule has 1 amide bonds. The van der Waals surface area contributed by atoms with Gasteiger partial charge in [-0.05, 0) is 24.3 Å². The molecular formula is C18H25N7O2. The van der Waals surface area contributed by atoms with Crippen molar-refractivity contribution in [3.63, 3.8) is 0 Å². The number of hydrogen-bond donors (Lipinski definition) is 4. The van der Waals surface area contributed by atoms with E-state index in [1.165, 1.54) is 6.92 Å². The van der Waals surface area contributed by atoms with Crippen LogP contribution in [0.25, 0.3) is 0 Å². The van der Waals surface area contributed by atoms with E-state index in [2.05, 4.69) is 30.8 Å². The molecule has 9 nitrogen and oxygen atoms in total. The summed E-state index contributed by atoms with van der Waals surface area (Å²) < 4.78 is 5.35. The van der Waals surface area contributed by atoms with Gasteiger partial charge in [0.25, 0.3) is 0 Å². The van der Waals surface area contributed by atoms with Crippen molar-refractivity contribution >= 4 is 34.9 Å². The van der Waals surface area contributed by atoms with E-state index in [1.807, 2.05) is 30.3 Å². The van der Waals surface area contributed by atoms with Crippen molar-refractivity contribution in [3.05, 3.63) is 30.3 Å². The van der Waals surface area contributed by atoms with Crippen molar-refractivity contribution < 1.29 is 9.53 Å². The van der Waals surface area contributed by atoms with E-state index in [4.69, 9.17) is 10.5 Å². The van der Waals surface area contributed by atoms with E-state index in [9.17, 15) is 4.79 Å². The van der Waals surface area contributed by atoms with Gasteiger partial charge in [0, 0.05) is 50.5 Å². The first kappa shape index (κ1) is 18.9. The first-order chi connectivity index (χ1) is 13.1. The molecule has 0 spiro atoms. The summed E-state index contributed by atoms with van der Waals surface area (Å²) in [5.41, 5.74) is 7.40. The third-order valence-electron chi connectivity index (χ3n) is 4.06. The molecule has 3 rings (SSSR count). The summed E-state index contributed by atoms with van der Waals surface area (Å²) in [6.45, 7) is 6.64. The number of ether oxygens (including phenoxy) is 1. The van der Waals surface area contributed by atoms with Crippen LogP contribution in [0.4, 0.5) is 29.0 Å². The van der Waals surface area contributed by atoms with Gasteiger partial charge in [-0.15, -0.1) is 0 Å². The maximum Gasteiger partial charge on any atom is 0.223 e. The number of rotatable bonds is 7. The molecule has 0 radical (unpaired) electrons. The molecule has 0 aliphatic carbocycles. The van der Waals surface area contributed by atoms with Crippen LogP contribution in [-0.4, -0.2) is 60.2 Å². The third-order valence-corrected chi connectivity index (χ3v) is 4.06. The number of anilines is 5. The molecule has 1 aliphatic rings. The van der Waals surface area contributed by atoms with Crippen molar-refractivity contribution in [2.24, 2.45) is 0 Å². The van der Waals surface area contributed by atoms with Crippen molar-refractivity contribution in [1.29, 1.82) is 0 Å². The predicted octanol–water partition coefficient (Wildman–Crippen LogP) is 1.50. The molecule has 0 unspecified atom stereocenters. The zero-order valence-electron chi connectivity index (χ0n) is 15.4. The number of nitrogens with zero attached hydrogens (tertiary/aromatic N) is 3. The van der Waals surface area contributed by atoms with Gasteiger partial charge < -0.3 is 26.4 Å². The van der Waals surface area contributed by atoms with Gasteiger partial charge >= 0.3 is 0 Å². The normalized spacial score (nSPS) is 14.6. The summed E-state index contributed by atoms with van der Waals surface area (Å²) in [4.78, 5) is 21.9. The fraction of sp³-hybridized carbons (Fsp3) is 0.389. The van der Waals surface area contributed by atoms with Gasteiger partial charge in [0.05, 0.1) is 13.2 Å². The number of hydrogen-bond acceptors (Lipinski definition) is 8. The van der Waals surface area contributed by atoms with Gasteiger partial charge in [-0.25, -0.2) is 0 Å². The molecule has 2 heterocycles. The fourth-order valence-electron chi connectivity index (χ4n) is 2.78. The maximum atomic E-state index is 11.1. The molecule has 2 aromatic rings. The van der Waals surface area contributed by atoms with Crippen LogP contribution < -0.4 is 21.7 Å². The quantitative estimate of drug-likeness (QED) is 0.578. The smallest absolute Gasteiger partial charge is 0.223 e. The Morgan fingerprint density at radius 2 is 1.81 bits per heavy atom. The summed E-state index contributed by atoms with van der Waals surface area (Å²) in [7, 11) is 0. The van der Waals surface area contributed by atoms with E-state index in [0.717, 1.165) is 50.8 Å². The van der Waals surface area contributed by atoms with E-state index < -0.39 is 0 Å². The van der Waals surface area contributed by atoms with Crippen molar-refractivity contribution in [3.8, 4) is 0 Å². The van der Waals surface area contributed by atoms with Crippen LogP contribution in [0.3, 0.4) is 0 Å². The first-order valence-electron chi connectivity index (χ1n) is 8.92. The Morgan fingerprint density at radius 1 is 1.15 bits per heavy atom. The highest BCUT2D eigenvalue weighted by Crippen LogP contribution is 2.20. The van der Waals surface area contributed by atoms with E-state index in [1.54, 1.807) is 0 Å². The number of nitrogens with one attached hydrogen (secondary N) is 3. The molecule has 9 heteroatoms. The number of carbonyl (C=O) groups excluding carboxylic acids is 1. The van der Waals surface area contributed by atoms with Gasteiger partial charge in [0.1, 0.15) is 11.6 Å². The van der Waals surface area contributed by atoms with Crippen LogP contribution in [0.1, 0.15) is 6.92 Å². The van der Waals surface area contributed by atoms with Crippen LogP contribution >= 0.6 is 0 Å². The zero-order valence-corrected chi connectivity index (χ0v) is 15.4. The highest BCUT2D eigenvalue weighted by atomic mass is 16.5. The standard InChI is InChI=1S/C18H25N7O2/c1-13(26)21-14-2-4-15(5-3-14)22-17-12-16(23-18(19)24-17)20-6-7-25-8-10-27-11-9-25/h2-5,12H,6-11H2,1H3,(H,21,26)(H4,19,20,22,23,24). The number of nitrogens with two attached hydrogens (primary N) is 1. The molecule has 1 aromatic heterocycles. The van der Waals surface area contributed by atoms with Crippen LogP contribution in [0.5, 0.6) is 0 Å². The highest BCUT2D eigenvalue weighted by Gasteiger charge is 2.10. The van der Waals surface area contributed by atoms with Crippen LogP contribution in [-0.2, 0) is 9.53 Å². The van der Waals surface area contributed by atoms with E-state index in [-0.39, 0.29) is 11.9 Å². The largest absolute Gasteiger partial charge is 0.379 e. The third kappa shape index (κ3) is 6.08. The van der Waals surface area contributed by atoms with Crippen LogP contribution in [0.15, 0.2) is 30.3 Å². The van der Waals surface area contributed by atoms with Crippen LogP contribution in [0.2, 0.25) is 0 Å². The van der Waals surface area contributed by atoms with E-state index >= 15 is 0 Å². The Hall–Kier alpha value is -2.91. The van der Waals surface area contributed by atoms with Gasteiger partial charge in [0.2, 0.25) is 11.9 Å². The van der Waals surface area contributed by atoms with E-state index in [0.29, 0.717) is 11.6 Å². The van der Waals surface area contributed by atoms with Crippen LogP contribution in [0, 0.1) is 0 Å². The lowest BCUT2D eigenvalue weighted by atomic mass is 10.2. The molecule has 1 saturated heterocycles. The molecule has 1 aromatic carbocycles. The molecular weight excluding hydrogens is 346 g/mol. The minimum absolute atomic E-state index is 0.105. The predicted molar refractivity (Wildman–Crippen MR) is 106 cm³/mol. The lowest BCUT2D eigenvalue weighted by molar-refractivity contribution is -0.114. The Bertz CT molecular complexity index is 761. The molecule has 144 valence electrons. The maximum absolute atomic E-state index is 11.1. The number of amides is 1. The summed E-state index contributed by atoms with van der Waals surface area (Å²) in [6, 6.07) is 9.16. The minimum atomic E-state index is -0.105. The monoisotopic (exact) mass is 371 g/mol. The Kier molecular flexibility index (Phi) is 6.39. The SMILES string of the molecule is CC(=O)Nc1ccc(Nc2cc(NCCN3CCOCC3)nc(N)n2)cc1. The minimum Gasteiger partial charge on any atom is -0.379 e. The Balaban J connectivity index is 1.56. The zero-order chi connectivity index (χ0) is 19.1. The molecule has 0 saturated carbocycles. The van der Waals surface area contributed by atoms with Gasteiger partial charge in [-0.3, -0.25) is 9.69 Å². The molecule has 1 aliphatic heterocycles. The van der Waals surface area contributed by atoms with Crippen molar-refractivity contribution in [2.75, 3.05) is 61.1 Å². The summed E-state index contributed by atoms with van der Waals surface area (Å²) in [6.07, 6.45) is 0. The fourth-order valence-corrected chi connectivity index (χ4v) is 2.78. The second kappa shape index (κ2) is 9.15. The van der Waals surface area contributed by atoms with Gasteiger partial charge in [-0.1, -0.05) is 0 Å². The molecule has 0 bridgehead atoms. The molecule has 0 atom stereocenters. The van der Waals surface area contributed by atoms with Crippen molar-refractivity contribution in [1.82, 2.24) is 14.9 Å².